The van der Waals surface area contributed by atoms with E-state index in [1.54, 1.807) is 6.92 Å². The number of hydrogen-bond donors (Lipinski definition) is 1. The molecule has 2 rings (SSSR count). The van der Waals surface area contributed by atoms with E-state index in [0.29, 0.717) is 5.69 Å². The topological polar surface area (TPSA) is 38.3 Å². The van der Waals surface area contributed by atoms with Gasteiger partial charge in [0.05, 0.1) is 5.25 Å². The van der Waals surface area contributed by atoms with Crippen LogP contribution < -0.4 is 10.1 Å². The maximum atomic E-state index is 12.1. The zero-order valence-corrected chi connectivity index (χ0v) is 12.6. The molecule has 0 aliphatic carbocycles. The van der Waals surface area contributed by atoms with E-state index in [1.807, 2.05) is 30.3 Å². The fourth-order valence-electron chi connectivity index (χ4n) is 1.72. The highest BCUT2D eigenvalue weighted by Crippen LogP contribution is 2.24. The Bertz CT molecular complexity index is 605. The lowest BCUT2D eigenvalue weighted by Gasteiger charge is -2.12. The summed E-state index contributed by atoms with van der Waals surface area (Å²) in [7, 11) is 0. The Balaban J connectivity index is 1.90. The molecule has 0 radical (unpaired) electrons. The molecule has 2 aromatic carbocycles. The van der Waals surface area contributed by atoms with E-state index in [1.165, 1.54) is 36.0 Å². The van der Waals surface area contributed by atoms with Crippen molar-refractivity contribution in [2.45, 2.75) is 23.7 Å². The van der Waals surface area contributed by atoms with Crippen molar-refractivity contribution in [3.8, 4) is 5.75 Å². The number of alkyl halides is 2. The first kappa shape index (κ1) is 16.3. The Hall–Kier alpha value is -2.08. The molecule has 0 heterocycles. The molecule has 0 unspecified atom stereocenters. The van der Waals surface area contributed by atoms with Crippen molar-refractivity contribution in [2.75, 3.05) is 5.32 Å². The molecule has 2 aromatic rings. The molecule has 0 spiro atoms. The average molecular weight is 323 g/mol. The molecule has 3 nitrogen and oxygen atoms in total. The van der Waals surface area contributed by atoms with Gasteiger partial charge in [-0.25, -0.2) is 0 Å². The fraction of sp³-hybridized carbons (Fsp3) is 0.188. The van der Waals surface area contributed by atoms with Crippen molar-refractivity contribution < 1.29 is 18.3 Å². The minimum absolute atomic E-state index is 0.0553. The SMILES string of the molecule is C[C@H](Sc1ccccc1)C(=O)Nc1ccc(OC(F)F)cc1. The summed E-state index contributed by atoms with van der Waals surface area (Å²) >= 11 is 1.45. The van der Waals surface area contributed by atoms with E-state index >= 15 is 0 Å². The molecule has 1 amide bonds. The first-order valence-corrected chi connectivity index (χ1v) is 7.50. The van der Waals surface area contributed by atoms with Crippen molar-refractivity contribution in [1.29, 1.82) is 0 Å². The maximum Gasteiger partial charge on any atom is 0.387 e. The van der Waals surface area contributed by atoms with Gasteiger partial charge < -0.3 is 10.1 Å². The predicted octanol–water partition coefficient (Wildman–Crippen LogP) is 4.41. The molecule has 6 heteroatoms. The van der Waals surface area contributed by atoms with Gasteiger partial charge in [-0.05, 0) is 43.3 Å². The zero-order chi connectivity index (χ0) is 15.9. The van der Waals surface area contributed by atoms with Gasteiger partial charge in [0.25, 0.3) is 0 Å². The summed E-state index contributed by atoms with van der Waals surface area (Å²) in [5.41, 5.74) is 0.534. The van der Waals surface area contributed by atoms with Crippen molar-refractivity contribution in [3.05, 3.63) is 54.6 Å². The first-order chi connectivity index (χ1) is 10.5. The number of amides is 1. The van der Waals surface area contributed by atoms with Crippen LogP contribution in [0.4, 0.5) is 14.5 Å². The van der Waals surface area contributed by atoms with Gasteiger partial charge in [0, 0.05) is 10.6 Å². The van der Waals surface area contributed by atoms with Crippen LogP contribution in [-0.2, 0) is 4.79 Å². The summed E-state index contributed by atoms with van der Waals surface area (Å²) in [5.74, 6) is -0.101. The number of halogens is 2. The second kappa shape index (κ2) is 7.79. The van der Waals surface area contributed by atoms with Crippen LogP contribution in [0.3, 0.4) is 0 Å². The van der Waals surface area contributed by atoms with Crippen molar-refractivity contribution in [2.24, 2.45) is 0 Å². The summed E-state index contributed by atoms with van der Waals surface area (Å²) in [6.45, 7) is -1.05. The minimum atomic E-state index is -2.86. The molecule has 0 bridgehead atoms. The van der Waals surface area contributed by atoms with Gasteiger partial charge in [-0.1, -0.05) is 18.2 Å². The molecule has 0 aliphatic rings. The standard InChI is InChI=1S/C16H15F2NO2S/c1-11(22-14-5-3-2-4-6-14)15(20)19-12-7-9-13(10-8-12)21-16(17)18/h2-11,16H,1H3,(H,19,20)/t11-/m0/s1. The molecule has 1 N–H and O–H groups in total. The summed E-state index contributed by atoms with van der Waals surface area (Å²) in [4.78, 5) is 13.1. The minimum Gasteiger partial charge on any atom is -0.435 e. The zero-order valence-electron chi connectivity index (χ0n) is 11.8. The molecular weight excluding hydrogens is 308 g/mol. The van der Waals surface area contributed by atoms with Crippen LogP contribution in [0.25, 0.3) is 0 Å². The number of carbonyl (C=O) groups excluding carboxylic acids is 1. The monoisotopic (exact) mass is 323 g/mol. The molecule has 0 fully saturated rings. The lowest BCUT2D eigenvalue weighted by atomic mass is 10.3. The molecule has 0 saturated heterocycles. The second-order valence-corrected chi connectivity index (χ2v) is 5.88. The Morgan fingerprint density at radius 3 is 2.32 bits per heavy atom. The molecule has 0 aromatic heterocycles. The highest BCUT2D eigenvalue weighted by molar-refractivity contribution is 8.00. The molecular formula is C16H15F2NO2S. The number of anilines is 1. The van der Waals surface area contributed by atoms with Gasteiger partial charge in [0.15, 0.2) is 0 Å². The van der Waals surface area contributed by atoms with Crippen LogP contribution >= 0.6 is 11.8 Å². The molecule has 0 aliphatic heterocycles. The third kappa shape index (κ3) is 5.04. The van der Waals surface area contributed by atoms with Crippen LogP contribution in [0.5, 0.6) is 5.75 Å². The van der Waals surface area contributed by atoms with Crippen molar-refractivity contribution >= 4 is 23.4 Å². The van der Waals surface area contributed by atoms with E-state index in [4.69, 9.17) is 0 Å². The summed E-state index contributed by atoms with van der Waals surface area (Å²) in [5, 5.41) is 2.46. The number of nitrogens with one attached hydrogen (secondary N) is 1. The molecule has 116 valence electrons. The van der Waals surface area contributed by atoms with Gasteiger partial charge in [0.1, 0.15) is 5.75 Å². The number of benzene rings is 2. The largest absolute Gasteiger partial charge is 0.435 e. The maximum absolute atomic E-state index is 12.1. The number of ether oxygens (including phenoxy) is 1. The van der Waals surface area contributed by atoms with Crippen LogP contribution in [0.1, 0.15) is 6.92 Å². The summed E-state index contributed by atoms with van der Waals surface area (Å²) in [6, 6.07) is 15.4. The summed E-state index contributed by atoms with van der Waals surface area (Å²) in [6.07, 6.45) is 0. The third-order valence-corrected chi connectivity index (χ3v) is 3.88. The summed E-state index contributed by atoms with van der Waals surface area (Å²) < 4.78 is 28.3. The van der Waals surface area contributed by atoms with E-state index in [2.05, 4.69) is 10.1 Å². The number of thioether (sulfide) groups is 1. The van der Waals surface area contributed by atoms with Crippen LogP contribution in [0.2, 0.25) is 0 Å². The molecule has 1 atom stereocenters. The van der Waals surface area contributed by atoms with E-state index in [-0.39, 0.29) is 16.9 Å². The van der Waals surface area contributed by atoms with E-state index in [9.17, 15) is 13.6 Å². The van der Waals surface area contributed by atoms with Crippen molar-refractivity contribution in [3.63, 3.8) is 0 Å². The van der Waals surface area contributed by atoms with Crippen LogP contribution in [0.15, 0.2) is 59.5 Å². The van der Waals surface area contributed by atoms with Gasteiger partial charge in [0.2, 0.25) is 5.91 Å². The average Bonchev–Trinajstić information content (AvgIpc) is 2.49. The molecule has 22 heavy (non-hydrogen) atoms. The Kier molecular flexibility index (Phi) is 5.77. The normalized spacial score (nSPS) is 12.0. The Morgan fingerprint density at radius 2 is 1.73 bits per heavy atom. The lowest BCUT2D eigenvalue weighted by Crippen LogP contribution is -2.22. The van der Waals surface area contributed by atoms with Crippen LogP contribution in [-0.4, -0.2) is 17.8 Å². The highest BCUT2D eigenvalue weighted by atomic mass is 32.2. The predicted molar refractivity (Wildman–Crippen MR) is 83.5 cm³/mol. The van der Waals surface area contributed by atoms with Gasteiger partial charge in [-0.2, -0.15) is 8.78 Å². The first-order valence-electron chi connectivity index (χ1n) is 6.62. The Morgan fingerprint density at radius 1 is 1.09 bits per heavy atom. The molecule has 0 saturated carbocycles. The van der Waals surface area contributed by atoms with Gasteiger partial charge in [-0.15, -0.1) is 11.8 Å². The van der Waals surface area contributed by atoms with Gasteiger partial charge >= 0.3 is 6.61 Å². The number of hydrogen-bond acceptors (Lipinski definition) is 3. The number of carbonyl (C=O) groups is 1. The highest BCUT2D eigenvalue weighted by Gasteiger charge is 2.14. The van der Waals surface area contributed by atoms with Crippen molar-refractivity contribution in [1.82, 2.24) is 0 Å². The number of rotatable bonds is 6. The van der Waals surface area contributed by atoms with Crippen LogP contribution in [0, 0.1) is 0 Å². The quantitative estimate of drug-likeness (QED) is 0.800. The fourth-order valence-corrected chi connectivity index (χ4v) is 2.61. The van der Waals surface area contributed by atoms with E-state index in [0.717, 1.165) is 4.90 Å². The third-order valence-electron chi connectivity index (χ3n) is 2.77. The van der Waals surface area contributed by atoms with E-state index < -0.39 is 6.61 Å². The lowest BCUT2D eigenvalue weighted by molar-refractivity contribution is -0.115. The smallest absolute Gasteiger partial charge is 0.387 e. The Labute approximate surface area is 131 Å². The van der Waals surface area contributed by atoms with Gasteiger partial charge in [-0.3, -0.25) is 4.79 Å². The second-order valence-electron chi connectivity index (χ2n) is 4.47.